The predicted octanol–water partition coefficient (Wildman–Crippen LogP) is 1.72. The lowest BCUT2D eigenvalue weighted by Crippen LogP contribution is -2.15. The molecule has 0 aromatic rings. The predicted molar refractivity (Wildman–Crippen MR) is 46.9 cm³/mol. The minimum atomic E-state index is -0.262. The molecule has 2 heteroatoms. The fourth-order valence-corrected chi connectivity index (χ4v) is 2.00. The van der Waals surface area contributed by atoms with Gasteiger partial charge < -0.3 is 9.84 Å². The van der Waals surface area contributed by atoms with Crippen molar-refractivity contribution >= 4 is 0 Å². The second kappa shape index (κ2) is 3.00. The molecule has 0 radical (unpaired) electrons. The van der Waals surface area contributed by atoms with Crippen LogP contribution in [0.15, 0.2) is 0 Å². The molecule has 0 amide bonds. The van der Waals surface area contributed by atoms with Crippen LogP contribution in [-0.2, 0) is 4.74 Å². The van der Waals surface area contributed by atoms with Gasteiger partial charge in [0.2, 0.25) is 0 Å². The van der Waals surface area contributed by atoms with Gasteiger partial charge in [-0.05, 0) is 44.9 Å². The van der Waals surface area contributed by atoms with Crippen LogP contribution < -0.4 is 0 Å². The zero-order valence-electron chi connectivity index (χ0n) is 7.75. The Morgan fingerprint density at radius 3 is 2.75 bits per heavy atom. The molecule has 2 fully saturated rings. The molecule has 1 heterocycles. The number of hydrogen-bond donors (Lipinski definition) is 1. The molecule has 2 aliphatic rings. The molecule has 0 spiro atoms. The van der Waals surface area contributed by atoms with Gasteiger partial charge in [0.15, 0.2) is 0 Å². The van der Waals surface area contributed by atoms with Crippen molar-refractivity contribution < 1.29 is 9.84 Å². The molecule has 1 aliphatic heterocycles. The summed E-state index contributed by atoms with van der Waals surface area (Å²) in [4.78, 5) is 0. The SMILES string of the molecule is CC1OCCC1CCC1(O)CC1. The van der Waals surface area contributed by atoms with E-state index in [1.807, 2.05) is 0 Å². The average Bonchev–Trinajstić information content (AvgIpc) is 2.61. The Morgan fingerprint density at radius 2 is 2.25 bits per heavy atom. The molecule has 2 atom stereocenters. The van der Waals surface area contributed by atoms with Gasteiger partial charge in [-0.25, -0.2) is 0 Å². The molecule has 2 nitrogen and oxygen atoms in total. The third-order valence-electron chi connectivity index (χ3n) is 3.34. The summed E-state index contributed by atoms with van der Waals surface area (Å²) in [6, 6.07) is 0. The summed E-state index contributed by atoms with van der Waals surface area (Å²) >= 11 is 0. The van der Waals surface area contributed by atoms with E-state index in [-0.39, 0.29) is 5.60 Å². The van der Waals surface area contributed by atoms with Gasteiger partial charge in [-0.1, -0.05) is 0 Å². The highest BCUT2D eigenvalue weighted by Crippen LogP contribution is 2.41. The molecule has 1 aliphatic carbocycles. The number of hydrogen-bond acceptors (Lipinski definition) is 2. The van der Waals surface area contributed by atoms with Crippen LogP contribution in [0, 0.1) is 5.92 Å². The third kappa shape index (κ3) is 1.80. The normalized spacial score (nSPS) is 38.5. The van der Waals surface area contributed by atoms with E-state index in [1.165, 1.54) is 6.42 Å². The maximum atomic E-state index is 9.63. The highest BCUT2D eigenvalue weighted by atomic mass is 16.5. The lowest BCUT2D eigenvalue weighted by Gasteiger charge is -2.15. The van der Waals surface area contributed by atoms with E-state index < -0.39 is 0 Å². The van der Waals surface area contributed by atoms with Crippen LogP contribution in [0.1, 0.15) is 39.0 Å². The summed E-state index contributed by atoms with van der Waals surface area (Å²) in [6.07, 6.45) is 5.80. The van der Waals surface area contributed by atoms with Crippen LogP contribution in [0.3, 0.4) is 0 Å². The Kier molecular flexibility index (Phi) is 2.13. The standard InChI is InChI=1S/C10H18O2/c1-8-9(3-7-12-8)2-4-10(11)5-6-10/h8-9,11H,2-7H2,1H3. The van der Waals surface area contributed by atoms with Gasteiger partial charge in [0.05, 0.1) is 11.7 Å². The Hall–Kier alpha value is -0.0800. The maximum absolute atomic E-state index is 9.63. The highest BCUT2D eigenvalue weighted by molar-refractivity contribution is 4.94. The van der Waals surface area contributed by atoms with Gasteiger partial charge >= 0.3 is 0 Å². The number of aliphatic hydroxyl groups is 1. The largest absolute Gasteiger partial charge is 0.390 e. The van der Waals surface area contributed by atoms with E-state index in [4.69, 9.17) is 4.74 Å². The van der Waals surface area contributed by atoms with E-state index in [9.17, 15) is 5.11 Å². The average molecular weight is 170 g/mol. The van der Waals surface area contributed by atoms with Crippen molar-refractivity contribution in [2.45, 2.75) is 50.7 Å². The van der Waals surface area contributed by atoms with Crippen molar-refractivity contribution in [2.75, 3.05) is 6.61 Å². The fourth-order valence-electron chi connectivity index (χ4n) is 2.00. The first kappa shape index (κ1) is 8.52. The van der Waals surface area contributed by atoms with E-state index in [0.29, 0.717) is 12.0 Å². The van der Waals surface area contributed by atoms with Crippen LogP contribution in [0.2, 0.25) is 0 Å². The van der Waals surface area contributed by atoms with Crippen molar-refractivity contribution in [1.82, 2.24) is 0 Å². The van der Waals surface area contributed by atoms with Crippen LogP contribution in [0.25, 0.3) is 0 Å². The smallest absolute Gasteiger partial charge is 0.0650 e. The molecule has 1 saturated heterocycles. The second-order valence-electron chi connectivity index (χ2n) is 4.39. The van der Waals surface area contributed by atoms with Crippen LogP contribution in [-0.4, -0.2) is 23.4 Å². The summed E-state index contributed by atoms with van der Waals surface area (Å²) in [7, 11) is 0. The molecular formula is C10H18O2. The molecule has 2 rings (SSSR count). The molecule has 0 aromatic heterocycles. The van der Waals surface area contributed by atoms with Gasteiger partial charge in [-0.3, -0.25) is 0 Å². The molecular weight excluding hydrogens is 152 g/mol. The van der Waals surface area contributed by atoms with Gasteiger partial charge in [0.25, 0.3) is 0 Å². The molecule has 0 aromatic carbocycles. The molecule has 1 N–H and O–H groups in total. The highest BCUT2D eigenvalue weighted by Gasteiger charge is 2.40. The first-order valence-corrected chi connectivity index (χ1v) is 5.04. The fraction of sp³-hybridized carbons (Fsp3) is 1.00. The second-order valence-corrected chi connectivity index (χ2v) is 4.39. The first-order chi connectivity index (χ1) is 5.70. The van der Waals surface area contributed by atoms with Crippen molar-refractivity contribution in [1.29, 1.82) is 0 Å². The lowest BCUT2D eigenvalue weighted by molar-refractivity contribution is 0.0902. The molecule has 1 saturated carbocycles. The molecule has 12 heavy (non-hydrogen) atoms. The minimum absolute atomic E-state index is 0.262. The van der Waals surface area contributed by atoms with Gasteiger partial charge in [0, 0.05) is 6.61 Å². The Morgan fingerprint density at radius 1 is 1.50 bits per heavy atom. The van der Waals surface area contributed by atoms with E-state index in [2.05, 4.69) is 6.92 Å². The molecule has 2 unspecified atom stereocenters. The first-order valence-electron chi connectivity index (χ1n) is 5.04. The quantitative estimate of drug-likeness (QED) is 0.698. The number of rotatable bonds is 3. The minimum Gasteiger partial charge on any atom is -0.390 e. The maximum Gasteiger partial charge on any atom is 0.0650 e. The third-order valence-corrected chi connectivity index (χ3v) is 3.34. The summed E-state index contributed by atoms with van der Waals surface area (Å²) in [6.45, 7) is 3.07. The Balaban J connectivity index is 1.72. The van der Waals surface area contributed by atoms with Gasteiger partial charge in [-0.2, -0.15) is 0 Å². The topological polar surface area (TPSA) is 29.5 Å². The summed E-state index contributed by atoms with van der Waals surface area (Å²) < 4.78 is 5.47. The monoisotopic (exact) mass is 170 g/mol. The van der Waals surface area contributed by atoms with E-state index >= 15 is 0 Å². The van der Waals surface area contributed by atoms with Crippen LogP contribution in [0.4, 0.5) is 0 Å². The van der Waals surface area contributed by atoms with Crippen LogP contribution in [0.5, 0.6) is 0 Å². The summed E-state index contributed by atoms with van der Waals surface area (Å²) in [5.41, 5.74) is -0.262. The van der Waals surface area contributed by atoms with E-state index in [0.717, 1.165) is 32.3 Å². The summed E-state index contributed by atoms with van der Waals surface area (Å²) in [5, 5.41) is 9.63. The zero-order valence-corrected chi connectivity index (χ0v) is 7.75. The Bertz CT molecular complexity index is 163. The van der Waals surface area contributed by atoms with Gasteiger partial charge in [0.1, 0.15) is 0 Å². The molecule has 70 valence electrons. The van der Waals surface area contributed by atoms with Crippen molar-refractivity contribution in [3.63, 3.8) is 0 Å². The summed E-state index contributed by atoms with van der Waals surface area (Å²) in [5.74, 6) is 0.703. The molecule has 0 bridgehead atoms. The van der Waals surface area contributed by atoms with Gasteiger partial charge in [-0.15, -0.1) is 0 Å². The number of ether oxygens (including phenoxy) is 1. The Labute approximate surface area is 73.9 Å². The van der Waals surface area contributed by atoms with E-state index in [1.54, 1.807) is 0 Å². The zero-order chi connectivity index (χ0) is 8.60. The van der Waals surface area contributed by atoms with Crippen molar-refractivity contribution in [2.24, 2.45) is 5.92 Å². The van der Waals surface area contributed by atoms with Crippen molar-refractivity contribution in [3.05, 3.63) is 0 Å². The lowest BCUT2D eigenvalue weighted by atomic mass is 9.94. The van der Waals surface area contributed by atoms with Crippen LogP contribution >= 0.6 is 0 Å². The van der Waals surface area contributed by atoms with Crippen molar-refractivity contribution in [3.8, 4) is 0 Å².